The largest absolute Gasteiger partial charge is 0.296 e. The predicted molar refractivity (Wildman–Crippen MR) is 124 cm³/mol. The van der Waals surface area contributed by atoms with Crippen LogP contribution in [0.5, 0.6) is 0 Å². The number of aromatic nitrogens is 2. The maximum absolute atomic E-state index is 12.9. The van der Waals surface area contributed by atoms with Crippen molar-refractivity contribution in [3.63, 3.8) is 0 Å². The summed E-state index contributed by atoms with van der Waals surface area (Å²) in [6.07, 6.45) is 7.70. The molecular formula is C23H30N4O3S2. The summed E-state index contributed by atoms with van der Waals surface area (Å²) in [4.78, 5) is 13.0. The van der Waals surface area contributed by atoms with E-state index in [2.05, 4.69) is 15.5 Å². The Bertz CT molecular complexity index is 1110. The molecule has 1 heterocycles. The minimum absolute atomic E-state index is 0.105. The Morgan fingerprint density at radius 2 is 1.75 bits per heavy atom. The highest BCUT2D eigenvalue weighted by Crippen LogP contribution is 2.61. The number of anilines is 1. The van der Waals surface area contributed by atoms with Gasteiger partial charge in [-0.05, 0) is 88.3 Å². The third-order valence-corrected chi connectivity index (χ3v) is 10.8. The van der Waals surface area contributed by atoms with Crippen LogP contribution in [0.25, 0.3) is 0 Å². The van der Waals surface area contributed by atoms with Crippen LogP contribution >= 0.6 is 11.3 Å². The van der Waals surface area contributed by atoms with Crippen molar-refractivity contribution in [3.8, 4) is 0 Å². The Hall–Kier alpha value is -1.84. The van der Waals surface area contributed by atoms with E-state index in [9.17, 15) is 13.2 Å². The Morgan fingerprint density at radius 1 is 1.12 bits per heavy atom. The molecule has 4 aliphatic rings. The molecular weight excluding hydrogens is 444 g/mol. The van der Waals surface area contributed by atoms with Crippen LogP contribution in [0, 0.1) is 17.8 Å². The van der Waals surface area contributed by atoms with Crippen LogP contribution in [0.2, 0.25) is 0 Å². The molecule has 9 heteroatoms. The van der Waals surface area contributed by atoms with E-state index in [1.165, 1.54) is 66.3 Å². The van der Waals surface area contributed by atoms with Gasteiger partial charge in [0.2, 0.25) is 15.2 Å². The number of hydrogen-bond acceptors (Lipinski definition) is 6. The summed E-state index contributed by atoms with van der Waals surface area (Å²) in [5.74, 6) is 2.08. The molecule has 0 saturated heterocycles. The summed E-state index contributed by atoms with van der Waals surface area (Å²) >= 11 is 1.48. The molecule has 2 aromatic rings. The Labute approximate surface area is 193 Å². The maximum atomic E-state index is 12.9. The first-order valence-corrected chi connectivity index (χ1v) is 13.7. The zero-order chi connectivity index (χ0) is 22.7. The standard InChI is InChI=1S/C23H30N4O3S2/c1-14(2)27(3)32(29,30)19-6-4-5-18(10-19)20(28)24-22-26-25-21(31-22)23-11-15-7-16(12-23)9-17(8-15)13-23/h4-6,10,14-17H,7-9,11-13H2,1-3H3,(H,24,26,28). The van der Waals surface area contributed by atoms with Gasteiger partial charge in [0, 0.05) is 24.1 Å². The minimum Gasteiger partial charge on any atom is -0.296 e. The van der Waals surface area contributed by atoms with Crippen molar-refractivity contribution >= 4 is 32.4 Å². The van der Waals surface area contributed by atoms with Gasteiger partial charge in [0.25, 0.3) is 5.91 Å². The van der Waals surface area contributed by atoms with E-state index in [-0.39, 0.29) is 27.8 Å². The lowest BCUT2D eigenvalue weighted by Crippen LogP contribution is -2.48. The molecule has 4 bridgehead atoms. The molecule has 4 aliphatic carbocycles. The molecule has 172 valence electrons. The highest BCUT2D eigenvalue weighted by molar-refractivity contribution is 7.89. The van der Waals surface area contributed by atoms with Crippen molar-refractivity contribution in [2.75, 3.05) is 12.4 Å². The number of carbonyl (C=O) groups excluding carboxylic acids is 1. The van der Waals surface area contributed by atoms with Gasteiger partial charge in [-0.1, -0.05) is 17.4 Å². The van der Waals surface area contributed by atoms with Crippen molar-refractivity contribution in [1.82, 2.24) is 14.5 Å². The fraction of sp³-hybridized carbons (Fsp3) is 0.609. The van der Waals surface area contributed by atoms with Crippen molar-refractivity contribution in [2.45, 2.75) is 68.7 Å². The van der Waals surface area contributed by atoms with Gasteiger partial charge in [-0.2, -0.15) is 4.31 Å². The zero-order valence-corrected chi connectivity index (χ0v) is 20.4. The average Bonchev–Trinajstić information content (AvgIpc) is 3.21. The number of nitrogens with zero attached hydrogens (tertiary/aromatic N) is 3. The van der Waals surface area contributed by atoms with Crippen LogP contribution in [-0.4, -0.2) is 41.9 Å². The first-order valence-electron chi connectivity index (χ1n) is 11.4. The molecule has 1 amide bonds. The van der Waals surface area contributed by atoms with Crippen LogP contribution in [-0.2, 0) is 15.4 Å². The molecule has 1 aromatic carbocycles. The number of carbonyl (C=O) groups is 1. The predicted octanol–water partition coefficient (Wildman–Crippen LogP) is 4.29. The van der Waals surface area contributed by atoms with Crippen molar-refractivity contribution in [2.24, 2.45) is 17.8 Å². The molecule has 0 radical (unpaired) electrons. The van der Waals surface area contributed by atoms with E-state index in [0.29, 0.717) is 5.13 Å². The normalized spacial score (nSPS) is 29.1. The lowest BCUT2D eigenvalue weighted by Gasteiger charge is -2.55. The summed E-state index contributed by atoms with van der Waals surface area (Å²) in [7, 11) is -2.12. The molecule has 0 atom stereocenters. The smallest absolute Gasteiger partial charge is 0.257 e. The van der Waals surface area contributed by atoms with E-state index in [0.717, 1.165) is 22.8 Å². The molecule has 0 unspecified atom stereocenters. The summed E-state index contributed by atoms with van der Waals surface area (Å²) in [6, 6.07) is 5.97. The fourth-order valence-electron chi connectivity index (χ4n) is 6.27. The van der Waals surface area contributed by atoms with Gasteiger partial charge < -0.3 is 0 Å². The molecule has 4 fully saturated rings. The van der Waals surface area contributed by atoms with Crippen molar-refractivity contribution in [1.29, 1.82) is 0 Å². The number of hydrogen-bond donors (Lipinski definition) is 1. The molecule has 0 aliphatic heterocycles. The lowest BCUT2D eigenvalue weighted by molar-refractivity contribution is -0.00555. The Kier molecular flexibility index (Phi) is 5.41. The molecule has 1 N–H and O–H groups in total. The van der Waals surface area contributed by atoms with Crippen LogP contribution in [0.4, 0.5) is 5.13 Å². The summed E-state index contributed by atoms with van der Waals surface area (Å²) in [5.41, 5.74) is 0.431. The van der Waals surface area contributed by atoms with E-state index >= 15 is 0 Å². The zero-order valence-electron chi connectivity index (χ0n) is 18.7. The first-order chi connectivity index (χ1) is 15.2. The molecule has 4 saturated carbocycles. The second kappa shape index (κ2) is 7.88. The molecule has 7 nitrogen and oxygen atoms in total. The van der Waals surface area contributed by atoms with Gasteiger partial charge in [-0.15, -0.1) is 10.2 Å². The van der Waals surface area contributed by atoms with Crippen LogP contribution in [0.3, 0.4) is 0 Å². The summed E-state index contributed by atoms with van der Waals surface area (Å²) in [6.45, 7) is 3.62. The molecule has 6 rings (SSSR count). The minimum atomic E-state index is -3.66. The lowest BCUT2D eigenvalue weighted by atomic mass is 9.50. The van der Waals surface area contributed by atoms with Crippen LogP contribution in [0.1, 0.15) is 67.7 Å². The Balaban J connectivity index is 1.33. The third kappa shape index (κ3) is 3.78. The van der Waals surface area contributed by atoms with Crippen molar-refractivity contribution < 1.29 is 13.2 Å². The van der Waals surface area contributed by atoms with E-state index in [1.807, 2.05) is 13.8 Å². The summed E-state index contributed by atoms with van der Waals surface area (Å²) < 4.78 is 26.9. The van der Waals surface area contributed by atoms with E-state index in [1.54, 1.807) is 19.2 Å². The number of nitrogens with one attached hydrogen (secondary N) is 1. The average molecular weight is 475 g/mol. The molecule has 32 heavy (non-hydrogen) atoms. The van der Waals surface area contributed by atoms with Gasteiger partial charge in [0.15, 0.2) is 0 Å². The SMILES string of the molecule is CC(C)N(C)S(=O)(=O)c1cccc(C(=O)Nc2nnc(C34CC5CC(CC(C5)C3)C4)s2)c1. The molecule has 1 aromatic heterocycles. The second-order valence-electron chi connectivity index (χ2n) is 10.2. The van der Waals surface area contributed by atoms with Gasteiger partial charge >= 0.3 is 0 Å². The van der Waals surface area contributed by atoms with Crippen molar-refractivity contribution in [3.05, 3.63) is 34.8 Å². The fourth-order valence-corrected chi connectivity index (χ4v) is 8.64. The maximum Gasteiger partial charge on any atom is 0.257 e. The van der Waals surface area contributed by atoms with Crippen LogP contribution in [0.15, 0.2) is 29.2 Å². The highest BCUT2D eigenvalue weighted by Gasteiger charge is 2.53. The summed E-state index contributed by atoms with van der Waals surface area (Å²) in [5, 5.41) is 13.2. The van der Waals surface area contributed by atoms with E-state index < -0.39 is 10.0 Å². The Morgan fingerprint density at radius 3 is 2.34 bits per heavy atom. The first kappa shape index (κ1) is 22.0. The van der Waals surface area contributed by atoms with Gasteiger partial charge in [0.05, 0.1) is 4.90 Å². The number of rotatable bonds is 6. The van der Waals surface area contributed by atoms with Gasteiger partial charge in [-0.3, -0.25) is 10.1 Å². The van der Waals surface area contributed by atoms with Crippen LogP contribution < -0.4 is 5.32 Å². The number of benzene rings is 1. The van der Waals surface area contributed by atoms with Gasteiger partial charge in [-0.25, -0.2) is 8.42 Å². The highest BCUT2D eigenvalue weighted by atomic mass is 32.2. The number of sulfonamides is 1. The number of amides is 1. The van der Waals surface area contributed by atoms with E-state index in [4.69, 9.17) is 0 Å². The topological polar surface area (TPSA) is 92.3 Å². The monoisotopic (exact) mass is 474 g/mol. The molecule has 0 spiro atoms. The third-order valence-electron chi connectivity index (χ3n) is 7.64. The quantitative estimate of drug-likeness (QED) is 0.674. The van der Waals surface area contributed by atoms with Gasteiger partial charge in [0.1, 0.15) is 5.01 Å². The second-order valence-corrected chi connectivity index (χ2v) is 13.2.